The number of para-hydroxylation sites is 2. The van der Waals surface area contributed by atoms with Crippen molar-refractivity contribution in [3.63, 3.8) is 0 Å². The van der Waals surface area contributed by atoms with E-state index in [2.05, 4.69) is 10.2 Å². The van der Waals surface area contributed by atoms with Gasteiger partial charge in [0, 0.05) is 35.6 Å². The number of aliphatic imine (C=N–C) groups is 2. The summed E-state index contributed by atoms with van der Waals surface area (Å²) in [7, 11) is 0. The molecule has 46 heavy (non-hydrogen) atoms. The van der Waals surface area contributed by atoms with Gasteiger partial charge < -0.3 is 0 Å². The van der Waals surface area contributed by atoms with Gasteiger partial charge in [-0.25, -0.2) is 9.36 Å². The Bertz CT molecular complexity index is 1930. The van der Waals surface area contributed by atoms with Gasteiger partial charge >= 0.3 is 0 Å². The smallest absolute Gasteiger partial charge is 0.280 e. The number of hydrogen-bond acceptors (Lipinski definition) is 4. The first-order valence-corrected chi connectivity index (χ1v) is 15.5. The van der Waals surface area contributed by atoms with E-state index in [1.165, 1.54) is 0 Å². The van der Waals surface area contributed by atoms with E-state index in [1.54, 1.807) is 9.36 Å². The lowest BCUT2D eigenvalue weighted by molar-refractivity contribution is 0.757. The van der Waals surface area contributed by atoms with Gasteiger partial charge in [0.15, 0.2) is 0 Å². The Kier molecular flexibility index (Phi) is 9.15. The Morgan fingerprint density at radius 2 is 0.848 bits per heavy atom. The van der Waals surface area contributed by atoms with Crippen LogP contribution in [0.3, 0.4) is 0 Å². The minimum absolute atomic E-state index is 0.133. The molecule has 0 saturated heterocycles. The van der Waals surface area contributed by atoms with Gasteiger partial charge in [0.1, 0.15) is 0 Å². The van der Waals surface area contributed by atoms with Gasteiger partial charge in [-0.3, -0.25) is 29.8 Å². The van der Waals surface area contributed by atoms with Crippen molar-refractivity contribution in [3.05, 3.63) is 176 Å². The Morgan fingerprint density at radius 1 is 0.522 bits per heavy atom. The van der Waals surface area contributed by atoms with E-state index >= 15 is 0 Å². The summed E-state index contributed by atoms with van der Waals surface area (Å²) in [4.78, 5) is 37.2. The fourth-order valence-corrected chi connectivity index (χ4v) is 5.60. The molecule has 0 saturated carbocycles. The molecule has 0 unspecified atom stereocenters. The minimum Gasteiger partial charge on any atom is -0.295 e. The van der Waals surface area contributed by atoms with Crippen LogP contribution >= 0.6 is 0 Å². The molecule has 6 aromatic rings. The molecule has 2 N–H and O–H groups in total. The number of nitrogens with zero attached hydrogens (tertiary/aromatic N) is 4. The zero-order valence-corrected chi connectivity index (χ0v) is 26.0. The Balaban J connectivity index is 1.24. The number of benzene rings is 4. The average Bonchev–Trinajstić information content (AvgIpc) is 3.57. The van der Waals surface area contributed by atoms with Gasteiger partial charge in [0.05, 0.1) is 33.9 Å². The van der Waals surface area contributed by atoms with Gasteiger partial charge in [-0.05, 0) is 51.0 Å². The second-order valence-corrected chi connectivity index (χ2v) is 11.1. The number of aromatic nitrogens is 4. The third-order valence-corrected chi connectivity index (χ3v) is 7.85. The summed E-state index contributed by atoms with van der Waals surface area (Å²) in [5.41, 5.74) is 7.07. The minimum atomic E-state index is -0.133. The molecule has 0 atom stereocenters. The van der Waals surface area contributed by atoms with Crippen LogP contribution in [0.15, 0.2) is 141 Å². The molecule has 0 spiro atoms. The third kappa shape index (κ3) is 6.37. The van der Waals surface area contributed by atoms with E-state index in [-0.39, 0.29) is 11.1 Å². The Hall–Kier alpha value is -5.76. The summed E-state index contributed by atoms with van der Waals surface area (Å²) in [5.74, 6) is 0. The highest BCUT2D eigenvalue weighted by atomic mass is 16.1. The lowest BCUT2D eigenvalue weighted by Crippen LogP contribution is -2.22. The molecule has 0 amide bonds. The van der Waals surface area contributed by atoms with E-state index in [0.29, 0.717) is 35.6 Å². The quantitative estimate of drug-likeness (QED) is 0.131. The number of rotatable bonds is 11. The van der Waals surface area contributed by atoms with Crippen molar-refractivity contribution in [1.29, 1.82) is 0 Å². The SMILES string of the molecule is Cc1[nH]n(-c2ccccc2)c(=O)c1C(=NCCCCN=C(c1ccccc1)c1c(C)[nH]n(-c2ccccc2)c1=O)c1ccccc1. The zero-order valence-electron chi connectivity index (χ0n) is 26.0. The second-order valence-electron chi connectivity index (χ2n) is 11.1. The van der Waals surface area contributed by atoms with Gasteiger partial charge in [0.25, 0.3) is 11.1 Å². The van der Waals surface area contributed by atoms with Crippen molar-refractivity contribution in [3.8, 4) is 11.4 Å². The summed E-state index contributed by atoms with van der Waals surface area (Å²) < 4.78 is 3.13. The van der Waals surface area contributed by atoms with E-state index in [0.717, 1.165) is 46.7 Å². The van der Waals surface area contributed by atoms with Crippen LogP contribution in [0.4, 0.5) is 0 Å². The predicted molar refractivity (Wildman–Crippen MR) is 185 cm³/mol. The van der Waals surface area contributed by atoms with E-state index in [1.807, 2.05) is 135 Å². The summed E-state index contributed by atoms with van der Waals surface area (Å²) in [6, 6.07) is 38.7. The summed E-state index contributed by atoms with van der Waals surface area (Å²) in [6.45, 7) is 4.87. The van der Waals surface area contributed by atoms with Crippen molar-refractivity contribution in [2.24, 2.45) is 9.98 Å². The van der Waals surface area contributed by atoms with Crippen LogP contribution < -0.4 is 11.1 Å². The molecule has 0 fully saturated rings. The number of aryl methyl sites for hydroxylation is 2. The number of hydrogen-bond donors (Lipinski definition) is 2. The number of H-pyrrole nitrogens is 2. The highest BCUT2D eigenvalue weighted by Gasteiger charge is 2.20. The van der Waals surface area contributed by atoms with E-state index < -0.39 is 0 Å². The topological polar surface area (TPSA) is 100 Å². The first kappa shape index (κ1) is 30.3. The van der Waals surface area contributed by atoms with Crippen LogP contribution in [0.1, 0.15) is 46.5 Å². The number of aromatic amines is 2. The first-order chi connectivity index (χ1) is 22.5. The van der Waals surface area contributed by atoms with Crippen LogP contribution in [0.2, 0.25) is 0 Å². The molecule has 0 aliphatic rings. The molecule has 4 aromatic carbocycles. The summed E-state index contributed by atoms with van der Waals surface area (Å²) in [6.07, 6.45) is 1.53. The Labute approximate surface area is 267 Å². The molecule has 0 aliphatic carbocycles. The monoisotopic (exact) mass is 608 g/mol. The van der Waals surface area contributed by atoms with Crippen LogP contribution in [0.25, 0.3) is 11.4 Å². The fraction of sp³-hybridized carbons (Fsp3) is 0.158. The molecule has 6 rings (SSSR count). The molecular weight excluding hydrogens is 572 g/mol. The largest absolute Gasteiger partial charge is 0.295 e. The van der Waals surface area contributed by atoms with Gasteiger partial charge in [0.2, 0.25) is 0 Å². The maximum Gasteiger partial charge on any atom is 0.280 e. The van der Waals surface area contributed by atoms with Crippen LogP contribution in [0, 0.1) is 13.8 Å². The van der Waals surface area contributed by atoms with Gasteiger partial charge in [-0.2, -0.15) is 0 Å². The standard InChI is InChI=1S/C38H36N6O2/c1-27-33(37(45)43(41-27)31-21-11-5-12-22-31)35(29-17-7-3-8-18-29)39-25-15-16-26-40-36(30-19-9-4-10-20-30)34-28(2)42-44(38(34)46)32-23-13-6-14-24-32/h3-14,17-24,41-42H,15-16,25-26H2,1-2H3. The number of unbranched alkanes of at least 4 members (excludes halogenated alkanes) is 1. The highest BCUT2D eigenvalue weighted by molar-refractivity contribution is 6.14. The number of nitrogens with one attached hydrogen (secondary N) is 2. The van der Waals surface area contributed by atoms with E-state index in [9.17, 15) is 9.59 Å². The van der Waals surface area contributed by atoms with Crippen molar-refractivity contribution < 1.29 is 0 Å². The molecule has 0 radical (unpaired) electrons. The van der Waals surface area contributed by atoms with Crippen molar-refractivity contribution in [2.75, 3.05) is 13.1 Å². The van der Waals surface area contributed by atoms with Crippen LogP contribution in [0.5, 0.6) is 0 Å². The summed E-state index contributed by atoms with van der Waals surface area (Å²) in [5, 5.41) is 6.46. The molecule has 0 aliphatic heterocycles. The third-order valence-electron chi connectivity index (χ3n) is 7.85. The summed E-state index contributed by atoms with van der Waals surface area (Å²) >= 11 is 0. The maximum atomic E-state index is 13.6. The molecule has 230 valence electrons. The highest BCUT2D eigenvalue weighted by Crippen LogP contribution is 2.16. The van der Waals surface area contributed by atoms with E-state index in [4.69, 9.17) is 9.98 Å². The lowest BCUT2D eigenvalue weighted by atomic mass is 10.0. The van der Waals surface area contributed by atoms with Crippen LogP contribution in [-0.2, 0) is 0 Å². The normalized spacial score (nSPS) is 12.0. The molecule has 8 nitrogen and oxygen atoms in total. The Morgan fingerprint density at radius 3 is 1.20 bits per heavy atom. The molecule has 2 heterocycles. The molecule has 0 bridgehead atoms. The van der Waals surface area contributed by atoms with Gasteiger partial charge in [-0.1, -0.05) is 97.1 Å². The first-order valence-electron chi connectivity index (χ1n) is 15.5. The van der Waals surface area contributed by atoms with Crippen molar-refractivity contribution in [1.82, 2.24) is 19.6 Å². The van der Waals surface area contributed by atoms with Crippen molar-refractivity contribution in [2.45, 2.75) is 26.7 Å². The molecular formula is C38H36N6O2. The van der Waals surface area contributed by atoms with Crippen molar-refractivity contribution >= 4 is 11.4 Å². The molecule has 2 aromatic heterocycles. The van der Waals surface area contributed by atoms with Crippen LogP contribution in [-0.4, -0.2) is 44.1 Å². The molecule has 8 heteroatoms. The lowest BCUT2D eigenvalue weighted by Gasteiger charge is -2.07. The zero-order chi connectivity index (χ0) is 31.9. The predicted octanol–water partition coefficient (Wildman–Crippen LogP) is 6.42. The maximum absolute atomic E-state index is 13.6. The fourth-order valence-electron chi connectivity index (χ4n) is 5.60. The van der Waals surface area contributed by atoms with Gasteiger partial charge in [-0.15, -0.1) is 0 Å². The second kappa shape index (κ2) is 13.9. The average molecular weight is 609 g/mol.